The molecule has 6 heteroatoms. The lowest BCUT2D eigenvalue weighted by atomic mass is 10.4. The fraction of sp³-hybridized carbons (Fsp3) is 0.556. The second kappa shape index (κ2) is 5.45. The molecule has 1 fully saturated rings. The van der Waals surface area contributed by atoms with Gasteiger partial charge in [-0.3, -0.25) is 4.90 Å². The number of carbonyl (C=O) groups is 1. The quantitative estimate of drug-likeness (QED) is 0.369. The molecule has 0 spiro atoms. The van der Waals surface area contributed by atoms with Crippen LogP contribution in [0.15, 0.2) is 18.7 Å². The summed E-state index contributed by atoms with van der Waals surface area (Å²) < 4.78 is 8.62. The molecule has 1 aliphatic rings. The highest BCUT2D eigenvalue weighted by atomic mass is 127. The van der Waals surface area contributed by atoms with Gasteiger partial charge >= 0.3 is 6.03 Å². The zero-order valence-corrected chi connectivity index (χ0v) is 10.8. The molecule has 1 aromatic rings. The molecule has 1 amide bonds. The minimum Gasteiger partial charge on any atom is -1.00 e. The van der Waals surface area contributed by atoms with Crippen LogP contribution in [0.3, 0.4) is 0 Å². The number of nitrogens with zero attached hydrogens (tertiary/aromatic N) is 3. The van der Waals surface area contributed by atoms with Gasteiger partial charge in [0, 0.05) is 13.1 Å². The van der Waals surface area contributed by atoms with Crippen LogP contribution >= 0.6 is 0 Å². The van der Waals surface area contributed by atoms with Crippen molar-refractivity contribution in [3.63, 3.8) is 0 Å². The fourth-order valence-corrected chi connectivity index (χ4v) is 1.48. The highest BCUT2D eigenvalue weighted by Crippen LogP contribution is 2.00. The molecular formula is C9H14IN3O2. The number of imidazole rings is 1. The van der Waals surface area contributed by atoms with Crippen molar-refractivity contribution in [1.29, 1.82) is 0 Å². The zero-order chi connectivity index (χ0) is 9.97. The third-order valence-corrected chi connectivity index (χ3v) is 2.27. The average Bonchev–Trinajstić information content (AvgIpc) is 2.65. The van der Waals surface area contributed by atoms with Crippen LogP contribution in [0.2, 0.25) is 0 Å². The molecule has 0 atom stereocenters. The lowest BCUT2D eigenvalue weighted by Crippen LogP contribution is -3.00. The van der Waals surface area contributed by atoms with Crippen molar-refractivity contribution < 1.29 is 38.1 Å². The number of hydrogen-bond acceptors (Lipinski definition) is 2. The number of rotatable bonds is 0. The van der Waals surface area contributed by atoms with Crippen LogP contribution in [0.25, 0.3) is 0 Å². The third-order valence-electron chi connectivity index (χ3n) is 2.27. The number of ether oxygens (including phenoxy) is 1. The fourth-order valence-electron chi connectivity index (χ4n) is 1.48. The normalized spacial score (nSPS) is 15.9. The summed E-state index contributed by atoms with van der Waals surface area (Å²) in [6, 6.07) is 0.0221. The largest absolute Gasteiger partial charge is 1.00 e. The van der Waals surface area contributed by atoms with E-state index >= 15 is 0 Å². The molecule has 5 nitrogen and oxygen atoms in total. The maximum Gasteiger partial charge on any atom is 0.415 e. The predicted molar refractivity (Wildman–Crippen MR) is 48.8 cm³/mol. The van der Waals surface area contributed by atoms with E-state index in [1.165, 1.54) is 0 Å². The molecule has 2 heterocycles. The first kappa shape index (κ1) is 12.4. The lowest BCUT2D eigenvalue weighted by molar-refractivity contribution is -0.670. The van der Waals surface area contributed by atoms with Crippen molar-refractivity contribution in [2.24, 2.45) is 7.05 Å². The molecular weight excluding hydrogens is 309 g/mol. The number of amides is 1. The highest BCUT2D eigenvalue weighted by Gasteiger charge is 2.22. The van der Waals surface area contributed by atoms with Crippen molar-refractivity contribution in [1.82, 2.24) is 9.47 Å². The minimum atomic E-state index is 0. The smallest absolute Gasteiger partial charge is 0.415 e. The van der Waals surface area contributed by atoms with Gasteiger partial charge in [0.1, 0.15) is 12.4 Å². The van der Waals surface area contributed by atoms with Gasteiger partial charge in [-0.05, 0) is 0 Å². The summed E-state index contributed by atoms with van der Waals surface area (Å²) in [5, 5.41) is 0. The molecule has 0 bridgehead atoms. The van der Waals surface area contributed by atoms with Crippen molar-refractivity contribution >= 4 is 6.03 Å². The Balaban J connectivity index is 0.00000112. The van der Waals surface area contributed by atoms with Gasteiger partial charge in [0.2, 0.25) is 0 Å². The summed E-state index contributed by atoms with van der Waals surface area (Å²) >= 11 is 0. The van der Waals surface area contributed by atoms with Crippen LogP contribution < -0.4 is 28.5 Å². The number of aromatic nitrogens is 2. The Morgan fingerprint density at radius 3 is 2.60 bits per heavy atom. The van der Waals surface area contributed by atoms with Crippen molar-refractivity contribution in [3.05, 3.63) is 18.7 Å². The van der Waals surface area contributed by atoms with Crippen molar-refractivity contribution in [3.8, 4) is 0 Å². The first-order valence-corrected chi connectivity index (χ1v) is 4.67. The minimum absolute atomic E-state index is 0. The van der Waals surface area contributed by atoms with E-state index in [1.54, 1.807) is 22.0 Å². The Hall–Kier alpha value is -0.630. The number of morpholine rings is 1. The van der Waals surface area contributed by atoms with E-state index in [0.29, 0.717) is 26.3 Å². The topological polar surface area (TPSA) is 38.3 Å². The Bertz CT molecular complexity index is 334. The van der Waals surface area contributed by atoms with E-state index in [1.807, 2.05) is 17.8 Å². The van der Waals surface area contributed by atoms with Crippen LogP contribution in [-0.2, 0) is 11.8 Å². The summed E-state index contributed by atoms with van der Waals surface area (Å²) in [7, 11) is 1.89. The molecule has 15 heavy (non-hydrogen) atoms. The second-order valence-electron chi connectivity index (χ2n) is 3.37. The Morgan fingerprint density at radius 2 is 2.07 bits per heavy atom. The van der Waals surface area contributed by atoms with E-state index in [-0.39, 0.29) is 30.0 Å². The molecule has 1 aromatic heterocycles. The molecule has 0 aromatic carbocycles. The number of aryl methyl sites for hydroxylation is 1. The number of halogens is 1. The van der Waals surface area contributed by atoms with Crippen molar-refractivity contribution in [2.75, 3.05) is 26.3 Å². The van der Waals surface area contributed by atoms with Crippen LogP contribution in [-0.4, -0.2) is 41.8 Å². The van der Waals surface area contributed by atoms with Crippen molar-refractivity contribution in [2.45, 2.75) is 0 Å². The maximum atomic E-state index is 11.8. The molecule has 0 aliphatic carbocycles. The van der Waals surface area contributed by atoms with Gasteiger partial charge in [-0.2, -0.15) is 4.57 Å². The van der Waals surface area contributed by atoms with Gasteiger partial charge in [0.15, 0.2) is 0 Å². The molecule has 2 rings (SSSR count). The SMILES string of the molecule is C[n+]1ccn(C(=O)N2CCOCC2)c1.[I-]. The molecule has 0 saturated carbocycles. The first-order chi connectivity index (χ1) is 6.77. The Morgan fingerprint density at radius 1 is 1.40 bits per heavy atom. The standard InChI is InChI=1S/C9H14N3O2.HI/c1-10-2-3-12(8-10)9(13)11-4-6-14-7-5-11;/h2-3,8H,4-7H2,1H3;1H/q+1;/p-1. The molecule has 0 unspecified atom stereocenters. The average molecular weight is 323 g/mol. The van der Waals surface area contributed by atoms with Gasteiger partial charge in [-0.25, -0.2) is 9.36 Å². The van der Waals surface area contributed by atoms with E-state index in [4.69, 9.17) is 4.74 Å². The van der Waals surface area contributed by atoms with E-state index in [2.05, 4.69) is 0 Å². The monoisotopic (exact) mass is 323 g/mol. The van der Waals surface area contributed by atoms with Gasteiger partial charge in [0.25, 0.3) is 6.33 Å². The van der Waals surface area contributed by atoms with Crippen LogP contribution in [0.5, 0.6) is 0 Å². The summed E-state index contributed by atoms with van der Waals surface area (Å²) in [5.41, 5.74) is 0. The maximum absolute atomic E-state index is 11.8. The van der Waals surface area contributed by atoms with Gasteiger partial charge in [-0.15, -0.1) is 0 Å². The summed E-state index contributed by atoms with van der Waals surface area (Å²) in [4.78, 5) is 13.6. The van der Waals surface area contributed by atoms with E-state index in [9.17, 15) is 4.79 Å². The first-order valence-electron chi connectivity index (χ1n) is 4.67. The molecule has 1 saturated heterocycles. The summed E-state index contributed by atoms with van der Waals surface area (Å²) in [5.74, 6) is 0. The summed E-state index contributed by atoms with van der Waals surface area (Å²) in [6.07, 6.45) is 5.37. The molecule has 1 aliphatic heterocycles. The highest BCUT2D eigenvalue weighted by molar-refractivity contribution is 5.76. The van der Waals surface area contributed by atoms with Gasteiger partial charge < -0.3 is 28.7 Å². The Labute approximate surface area is 106 Å². The number of carbonyl (C=O) groups excluding carboxylic acids is 1. The summed E-state index contributed by atoms with van der Waals surface area (Å²) in [6.45, 7) is 2.64. The number of hydrogen-bond donors (Lipinski definition) is 0. The second-order valence-corrected chi connectivity index (χ2v) is 3.37. The van der Waals surface area contributed by atoms with E-state index in [0.717, 1.165) is 0 Å². The lowest BCUT2D eigenvalue weighted by Gasteiger charge is -2.24. The van der Waals surface area contributed by atoms with E-state index < -0.39 is 0 Å². The third kappa shape index (κ3) is 2.91. The van der Waals surface area contributed by atoms with Crippen LogP contribution in [0.1, 0.15) is 0 Å². The molecule has 0 N–H and O–H groups in total. The zero-order valence-electron chi connectivity index (χ0n) is 8.60. The van der Waals surface area contributed by atoms with Crippen LogP contribution in [0.4, 0.5) is 4.79 Å². The Kier molecular flexibility index (Phi) is 4.52. The molecule has 84 valence electrons. The van der Waals surface area contributed by atoms with Crippen LogP contribution in [0, 0.1) is 0 Å². The predicted octanol–water partition coefficient (Wildman–Crippen LogP) is -3.38. The molecule has 0 radical (unpaired) electrons. The van der Waals surface area contributed by atoms with Gasteiger partial charge in [0.05, 0.1) is 20.3 Å². The van der Waals surface area contributed by atoms with Gasteiger partial charge in [-0.1, -0.05) is 0 Å².